The number of aryl methyl sites for hydroxylation is 1. The van der Waals surface area contributed by atoms with Crippen molar-refractivity contribution in [2.45, 2.75) is 39.3 Å². The Kier molecular flexibility index (Phi) is 7.75. The van der Waals surface area contributed by atoms with Crippen LogP contribution in [0.4, 0.5) is 0 Å². The van der Waals surface area contributed by atoms with Crippen molar-refractivity contribution in [3.05, 3.63) is 52.0 Å². The predicted molar refractivity (Wildman–Crippen MR) is 102 cm³/mol. The van der Waals surface area contributed by atoms with Crippen LogP contribution in [0, 0.1) is 5.92 Å². The number of nitrogens with zero attached hydrogens (tertiary/aromatic N) is 1. The van der Waals surface area contributed by atoms with Crippen LogP contribution in [-0.2, 0) is 17.8 Å². The topological polar surface area (TPSA) is 69.8 Å². The molecule has 0 bridgehead atoms. The van der Waals surface area contributed by atoms with Crippen molar-refractivity contribution in [1.29, 1.82) is 0 Å². The summed E-state index contributed by atoms with van der Waals surface area (Å²) in [7, 11) is 0. The molecule has 0 aliphatic heterocycles. The van der Waals surface area contributed by atoms with Gasteiger partial charge in [0.1, 0.15) is 5.82 Å². The monoisotopic (exact) mass is 382 g/mol. The second-order valence-corrected chi connectivity index (χ2v) is 7.03. The second-order valence-electron chi connectivity index (χ2n) is 6.25. The summed E-state index contributed by atoms with van der Waals surface area (Å²) in [4.78, 5) is 19.8. The molecule has 1 aromatic carbocycles. The number of aromatic amines is 1. The van der Waals surface area contributed by atoms with Crippen LogP contribution in [0.2, 0.25) is 10.0 Å². The Balaban J connectivity index is 1.81. The maximum Gasteiger partial charge on any atom is 0.237 e. The van der Waals surface area contributed by atoms with Gasteiger partial charge in [0.25, 0.3) is 0 Å². The van der Waals surface area contributed by atoms with Crippen molar-refractivity contribution in [3.8, 4) is 0 Å². The fraction of sp³-hybridized carbons (Fsp3) is 0.444. The van der Waals surface area contributed by atoms with Crippen LogP contribution in [0.5, 0.6) is 0 Å². The van der Waals surface area contributed by atoms with Gasteiger partial charge in [0, 0.05) is 25.4 Å². The summed E-state index contributed by atoms with van der Waals surface area (Å²) < 4.78 is 0. The molecule has 1 aromatic heterocycles. The molecule has 25 heavy (non-hydrogen) atoms. The molecule has 1 amide bonds. The summed E-state index contributed by atoms with van der Waals surface area (Å²) in [5.74, 6) is 1.10. The molecule has 0 unspecified atom stereocenters. The van der Waals surface area contributed by atoms with Gasteiger partial charge >= 0.3 is 0 Å². The fourth-order valence-corrected chi connectivity index (χ4v) is 2.94. The first-order chi connectivity index (χ1) is 12.0. The lowest BCUT2D eigenvalue weighted by atomic mass is 10.0. The van der Waals surface area contributed by atoms with E-state index >= 15 is 0 Å². The smallest absolute Gasteiger partial charge is 0.237 e. The second kappa shape index (κ2) is 9.80. The Morgan fingerprint density at radius 1 is 1.32 bits per heavy atom. The maximum atomic E-state index is 12.5. The van der Waals surface area contributed by atoms with E-state index in [2.05, 4.69) is 20.6 Å². The molecule has 0 saturated heterocycles. The van der Waals surface area contributed by atoms with Gasteiger partial charge in [0.15, 0.2) is 0 Å². The van der Waals surface area contributed by atoms with Gasteiger partial charge in [-0.05, 0) is 30.5 Å². The highest BCUT2D eigenvalue weighted by Gasteiger charge is 2.21. The highest BCUT2D eigenvalue weighted by atomic mass is 35.5. The largest absolute Gasteiger partial charge is 0.351 e. The summed E-state index contributed by atoms with van der Waals surface area (Å²) in [6, 6.07) is 5.15. The number of benzene rings is 1. The van der Waals surface area contributed by atoms with E-state index < -0.39 is 0 Å². The Bertz CT molecular complexity index is 674. The lowest BCUT2D eigenvalue weighted by molar-refractivity contribution is -0.124. The Morgan fingerprint density at radius 3 is 2.80 bits per heavy atom. The first-order valence-electron chi connectivity index (χ1n) is 8.41. The number of H-pyrrole nitrogens is 1. The van der Waals surface area contributed by atoms with E-state index in [0.717, 1.165) is 30.8 Å². The number of imidazole rings is 1. The quantitative estimate of drug-likeness (QED) is 0.580. The number of nitrogens with one attached hydrogen (secondary N) is 3. The van der Waals surface area contributed by atoms with Crippen LogP contribution in [0.25, 0.3) is 0 Å². The van der Waals surface area contributed by atoms with E-state index in [1.165, 1.54) is 0 Å². The number of halogens is 2. The zero-order chi connectivity index (χ0) is 18.2. The van der Waals surface area contributed by atoms with Gasteiger partial charge in [-0.1, -0.05) is 49.2 Å². The van der Waals surface area contributed by atoms with Crippen LogP contribution in [0.15, 0.2) is 30.6 Å². The normalized spacial score (nSPS) is 12.4. The third-order valence-corrected chi connectivity index (χ3v) is 4.80. The highest BCUT2D eigenvalue weighted by Crippen LogP contribution is 2.25. The van der Waals surface area contributed by atoms with E-state index in [1.54, 1.807) is 12.3 Å². The van der Waals surface area contributed by atoms with Gasteiger partial charge in [-0.2, -0.15) is 0 Å². The molecule has 0 radical (unpaired) electrons. The molecule has 0 fully saturated rings. The molecule has 2 aromatic rings. The zero-order valence-corrected chi connectivity index (χ0v) is 16.0. The number of hydrogen-bond acceptors (Lipinski definition) is 3. The molecule has 0 saturated carbocycles. The molecular weight excluding hydrogens is 359 g/mol. The molecule has 0 spiro atoms. The van der Waals surface area contributed by atoms with Gasteiger partial charge in [0.05, 0.1) is 16.1 Å². The molecule has 136 valence electrons. The predicted octanol–water partition coefficient (Wildman–Crippen LogP) is 3.58. The van der Waals surface area contributed by atoms with Crippen LogP contribution in [0.3, 0.4) is 0 Å². The number of carbonyl (C=O) groups excluding carboxylic acids is 1. The van der Waals surface area contributed by atoms with Crippen molar-refractivity contribution in [1.82, 2.24) is 20.6 Å². The Labute approximate surface area is 158 Å². The molecule has 7 heteroatoms. The van der Waals surface area contributed by atoms with Crippen molar-refractivity contribution in [3.63, 3.8) is 0 Å². The van der Waals surface area contributed by atoms with Crippen molar-refractivity contribution >= 4 is 29.1 Å². The van der Waals surface area contributed by atoms with Crippen molar-refractivity contribution in [2.75, 3.05) is 6.54 Å². The molecule has 1 heterocycles. The highest BCUT2D eigenvalue weighted by molar-refractivity contribution is 6.42. The molecule has 2 rings (SSSR count). The number of rotatable bonds is 9. The van der Waals surface area contributed by atoms with Gasteiger partial charge in [-0.15, -0.1) is 0 Å². The minimum absolute atomic E-state index is 0.0379. The average molecular weight is 383 g/mol. The third-order valence-electron chi connectivity index (χ3n) is 3.94. The lowest BCUT2D eigenvalue weighted by Crippen LogP contribution is -2.47. The summed E-state index contributed by atoms with van der Waals surface area (Å²) in [5, 5.41) is 7.24. The summed E-state index contributed by atoms with van der Waals surface area (Å²) in [6.07, 6.45) is 5.32. The summed E-state index contributed by atoms with van der Waals surface area (Å²) >= 11 is 12.2. The number of hydrogen-bond donors (Lipinski definition) is 3. The third kappa shape index (κ3) is 6.03. The van der Waals surface area contributed by atoms with Crippen molar-refractivity contribution in [2.24, 2.45) is 5.92 Å². The van der Waals surface area contributed by atoms with Gasteiger partial charge in [0.2, 0.25) is 5.91 Å². The van der Waals surface area contributed by atoms with Gasteiger partial charge in [-0.25, -0.2) is 4.98 Å². The molecule has 0 aliphatic rings. The van der Waals surface area contributed by atoms with Crippen molar-refractivity contribution < 1.29 is 4.79 Å². The molecule has 5 nitrogen and oxygen atoms in total. The molecule has 0 aliphatic carbocycles. The minimum Gasteiger partial charge on any atom is -0.351 e. The number of amides is 1. The Hall–Kier alpha value is -1.56. The van der Waals surface area contributed by atoms with Crippen LogP contribution < -0.4 is 10.6 Å². The molecule has 3 N–H and O–H groups in total. The lowest BCUT2D eigenvalue weighted by Gasteiger charge is -2.22. The van der Waals surface area contributed by atoms with Crippen LogP contribution >= 0.6 is 23.2 Å². The number of aromatic nitrogens is 2. The van der Waals surface area contributed by atoms with Crippen LogP contribution in [-0.4, -0.2) is 28.5 Å². The van der Waals surface area contributed by atoms with Gasteiger partial charge in [-0.3, -0.25) is 4.79 Å². The Morgan fingerprint density at radius 2 is 2.12 bits per heavy atom. The zero-order valence-electron chi connectivity index (χ0n) is 14.5. The first kappa shape index (κ1) is 19.8. The van der Waals surface area contributed by atoms with E-state index in [4.69, 9.17) is 23.2 Å². The van der Waals surface area contributed by atoms with E-state index in [-0.39, 0.29) is 17.9 Å². The molecule has 1 atom stereocenters. The van der Waals surface area contributed by atoms with Gasteiger partial charge < -0.3 is 15.6 Å². The standard InChI is InChI=1S/C18H24Cl2N4O/c1-12(2)17(23-8-4-7-15-21-9-10-22-15)18(25)24-11-13-5-3-6-14(19)16(13)20/h3,5-6,9-10,12,17,23H,4,7-8,11H2,1-2H3,(H,21,22)(H,24,25)/t17-/m0/s1. The van der Waals surface area contributed by atoms with E-state index in [9.17, 15) is 4.79 Å². The fourth-order valence-electron chi connectivity index (χ4n) is 2.56. The first-order valence-corrected chi connectivity index (χ1v) is 9.17. The van der Waals surface area contributed by atoms with E-state index in [0.29, 0.717) is 16.6 Å². The average Bonchev–Trinajstić information content (AvgIpc) is 3.09. The SMILES string of the molecule is CC(C)[C@H](NCCCc1ncc[nH]1)C(=O)NCc1cccc(Cl)c1Cl. The summed E-state index contributed by atoms with van der Waals surface area (Å²) in [6.45, 7) is 5.15. The minimum atomic E-state index is -0.255. The van der Waals surface area contributed by atoms with Crippen LogP contribution in [0.1, 0.15) is 31.7 Å². The molecular formula is C18H24Cl2N4O. The summed E-state index contributed by atoms with van der Waals surface area (Å²) in [5.41, 5.74) is 0.808. The number of carbonyl (C=O) groups is 1. The maximum absolute atomic E-state index is 12.5. The van der Waals surface area contributed by atoms with E-state index in [1.807, 2.05) is 32.2 Å².